The highest BCUT2D eigenvalue weighted by Gasteiger charge is 2.34. The molecule has 25 heavy (non-hydrogen) atoms. The van der Waals surface area contributed by atoms with Crippen LogP contribution in [0.4, 0.5) is 0 Å². The number of carbonyl (C=O) groups excluding carboxylic acids is 1. The standard InChI is InChI=1S/C20H24N2O2S/c1-2-24-17-12-18(13-6-4-3-5-7-13)25-19(17)20(23)22-16-10-14-8-9-15(11-16)21-14/h3-7,12,14-16,21H,2,8-11H2,1H3,(H,22,23). The molecule has 132 valence electrons. The van der Waals surface area contributed by atoms with Crippen LogP contribution in [0.25, 0.3) is 10.4 Å². The Kier molecular flexibility index (Phi) is 4.77. The lowest BCUT2D eigenvalue weighted by Gasteiger charge is -2.29. The van der Waals surface area contributed by atoms with E-state index >= 15 is 0 Å². The second kappa shape index (κ2) is 7.18. The second-order valence-electron chi connectivity index (χ2n) is 6.88. The van der Waals surface area contributed by atoms with Crippen LogP contribution in [0.1, 0.15) is 42.3 Å². The number of rotatable bonds is 5. The quantitative estimate of drug-likeness (QED) is 0.856. The van der Waals surface area contributed by atoms with Gasteiger partial charge < -0.3 is 15.4 Å². The average molecular weight is 356 g/mol. The first-order chi connectivity index (χ1) is 12.2. The molecule has 2 aliphatic rings. The van der Waals surface area contributed by atoms with Crippen LogP contribution in [0.2, 0.25) is 0 Å². The number of hydrogen-bond donors (Lipinski definition) is 2. The van der Waals surface area contributed by atoms with Crippen molar-refractivity contribution < 1.29 is 9.53 Å². The molecule has 2 unspecified atom stereocenters. The van der Waals surface area contributed by atoms with Gasteiger partial charge in [0.2, 0.25) is 0 Å². The topological polar surface area (TPSA) is 50.4 Å². The summed E-state index contributed by atoms with van der Waals surface area (Å²) in [6, 6.07) is 13.5. The van der Waals surface area contributed by atoms with Gasteiger partial charge in [-0.3, -0.25) is 4.79 Å². The number of hydrogen-bond acceptors (Lipinski definition) is 4. The molecule has 4 rings (SSSR count). The SMILES string of the molecule is CCOc1cc(-c2ccccc2)sc1C(=O)NC1CC2CCC(C1)N2. The van der Waals surface area contributed by atoms with E-state index in [1.54, 1.807) is 0 Å². The van der Waals surface area contributed by atoms with Crippen LogP contribution >= 0.6 is 11.3 Å². The Bertz CT molecular complexity index is 731. The van der Waals surface area contributed by atoms with Gasteiger partial charge in [0.1, 0.15) is 10.6 Å². The molecule has 0 saturated carbocycles. The van der Waals surface area contributed by atoms with E-state index in [-0.39, 0.29) is 11.9 Å². The third-order valence-corrected chi connectivity index (χ3v) is 6.23. The van der Waals surface area contributed by atoms with Crippen LogP contribution in [0.15, 0.2) is 36.4 Å². The largest absolute Gasteiger partial charge is 0.492 e. The molecule has 5 heteroatoms. The number of nitrogens with one attached hydrogen (secondary N) is 2. The molecule has 2 atom stereocenters. The Hall–Kier alpha value is -1.85. The molecule has 0 radical (unpaired) electrons. The Morgan fingerprint density at radius 1 is 1.24 bits per heavy atom. The van der Waals surface area contributed by atoms with E-state index in [4.69, 9.17) is 4.74 Å². The van der Waals surface area contributed by atoms with Crippen molar-refractivity contribution in [3.8, 4) is 16.2 Å². The third-order valence-electron chi connectivity index (χ3n) is 5.07. The fourth-order valence-corrected chi connectivity index (χ4v) is 4.98. The summed E-state index contributed by atoms with van der Waals surface area (Å²) in [6.07, 6.45) is 4.53. The molecule has 2 aromatic rings. The molecule has 1 aromatic carbocycles. The van der Waals surface area contributed by atoms with E-state index in [9.17, 15) is 4.79 Å². The first kappa shape index (κ1) is 16.6. The maximum absolute atomic E-state index is 12.9. The van der Waals surface area contributed by atoms with Crippen LogP contribution in [-0.4, -0.2) is 30.6 Å². The maximum atomic E-state index is 12.9. The monoisotopic (exact) mass is 356 g/mol. The Balaban J connectivity index is 1.53. The minimum atomic E-state index is 0.00179. The Labute approximate surface area is 152 Å². The van der Waals surface area contributed by atoms with Crippen molar-refractivity contribution >= 4 is 17.2 Å². The predicted molar refractivity (Wildman–Crippen MR) is 101 cm³/mol. The Morgan fingerprint density at radius 3 is 2.64 bits per heavy atom. The van der Waals surface area contributed by atoms with E-state index in [2.05, 4.69) is 22.8 Å². The number of benzene rings is 1. The maximum Gasteiger partial charge on any atom is 0.265 e. The number of carbonyl (C=O) groups is 1. The van der Waals surface area contributed by atoms with E-state index in [0.717, 1.165) is 23.3 Å². The predicted octanol–water partition coefficient (Wildman–Crippen LogP) is 3.83. The lowest BCUT2D eigenvalue weighted by Crippen LogP contribution is -2.47. The zero-order valence-corrected chi connectivity index (χ0v) is 15.3. The molecule has 3 heterocycles. The van der Waals surface area contributed by atoms with Crippen molar-refractivity contribution in [1.29, 1.82) is 0 Å². The number of piperidine rings is 1. The van der Waals surface area contributed by atoms with Crippen LogP contribution < -0.4 is 15.4 Å². The first-order valence-corrected chi connectivity index (χ1v) is 9.93. The van der Waals surface area contributed by atoms with Gasteiger partial charge in [-0.1, -0.05) is 30.3 Å². The molecule has 2 fully saturated rings. The number of amides is 1. The number of thiophene rings is 1. The molecule has 2 aliphatic heterocycles. The van der Waals surface area contributed by atoms with E-state index in [1.165, 1.54) is 24.2 Å². The summed E-state index contributed by atoms with van der Waals surface area (Å²) in [5, 5.41) is 6.87. The molecule has 0 aliphatic carbocycles. The van der Waals surface area contributed by atoms with Gasteiger partial charge in [0.25, 0.3) is 5.91 Å². The molecule has 2 bridgehead atoms. The first-order valence-electron chi connectivity index (χ1n) is 9.12. The normalized spacial score (nSPS) is 24.9. The van der Waals surface area contributed by atoms with Crippen LogP contribution in [0.3, 0.4) is 0 Å². The summed E-state index contributed by atoms with van der Waals surface area (Å²) in [6.45, 7) is 2.51. The van der Waals surface area contributed by atoms with Gasteiger partial charge in [-0.25, -0.2) is 0 Å². The summed E-state index contributed by atoms with van der Waals surface area (Å²) in [4.78, 5) is 14.6. The van der Waals surface area contributed by atoms with Crippen LogP contribution in [0, 0.1) is 0 Å². The van der Waals surface area contributed by atoms with E-state index in [0.29, 0.717) is 29.3 Å². The number of fused-ring (bicyclic) bond motifs is 2. The summed E-state index contributed by atoms with van der Waals surface area (Å²) < 4.78 is 5.74. The van der Waals surface area contributed by atoms with Gasteiger partial charge in [0.05, 0.1) is 6.61 Å². The van der Waals surface area contributed by atoms with Gasteiger partial charge >= 0.3 is 0 Å². The zero-order chi connectivity index (χ0) is 17.2. The highest BCUT2D eigenvalue weighted by Crippen LogP contribution is 2.37. The van der Waals surface area contributed by atoms with Crippen molar-refractivity contribution in [1.82, 2.24) is 10.6 Å². The Morgan fingerprint density at radius 2 is 1.96 bits per heavy atom. The van der Waals surface area contributed by atoms with Gasteiger partial charge in [-0.2, -0.15) is 0 Å². The van der Waals surface area contributed by atoms with Crippen molar-refractivity contribution in [3.05, 3.63) is 41.3 Å². The van der Waals surface area contributed by atoms with Crippen LogP contribution in [0.5, 0.6) is 5.75 Å². The van der Waals surface area contributed by atoms with Gasteiger partial charge in [-0.05, 0) is 44.2 Å². The highest BCUT2D eigenvalue weighted by molar-refractivity contribution is 7.17. The smallest absolute Gasteiger partial charge is 0.265 e. The second-order valence-corrected chi connectivity index (χ2v) is 7.93. The molecular formula is C20H24N2O2S. The van der Waals surface area contributed by atoms with E-state index in [1.807, 2.05) is 31.2 Å². The van der Waals surface area contributed by atoms with Crippen molar-refractivity contribution in [2.24, 2.45) is 0 Å². The average Bonchev–Trinajstić information content (AvgIpc) is 3.19. The van der Waals surface area contributed by atoms with Crippen molar-refractivity contribution in [2.75, 3.05) is 6.61 Å². The van der Waals surface area contributed by atoms with E-state index < -0.39 is 0 Å². The van der Waals surface area contributed by atoms with Gasteiger partial charge in [0, 0.05) is 23.0 Å². The molecule has 2 N–H and O–H groups in total. The minimum absolute atomic E-state index is 0.00179. The number of ether oxygens (including phenoxy) is 1. The summed E-state index contributed by atoms with van der Waals surface area (Å²) in [5.41, 5.74) is 1.12. The van der Waals surface area contributed by atoms with Crippen molar-refractivity contribution in [3.63, 3.8) is 0 Å². The lowest BCUT2D eigenvalue weighted by molar-refractivity contribution is 0.0925. The highest BCUT2D eigenvalue weighted by atomic mass is 32.1. The third kappa shape index (κ3) is 3.58. The molecule has 1 amide bonds. The molecule has 0 spiro atoms. The minimum Gasteiger partial charge on any atom is -0.492 e. The molecule has 1 aromatic heterocycles. The van der Waals surface area contributed by atoms with Gasteiger partial charge in [-0.15, -0.1) is 11.3 Å². The van der Waals surface area contributed by atoms with Crippen LogP contribution in [-0.2, 0) is 0 Å². The summed E-state index contributed by atoms with van der Waals surface area (Å²) in [7, 11) is 0. The summed E-state index contributed by atoms with van der Waals surface area (Å²) >= 11 is 1.51. The fourth-order valence-electron chi connectivity index (χ4n) is 3.97. The lowest BCUT2D eigenvalue weighted by atomic mass is 10.00. The fraction of sp³-hybridized carbons (Fsp3) is 0.450. The van der Waals surface area contributed by atoms with Crippen molar-refractivity contribution in [2.45, 2.75) is 50.7 Å². The summed E-state index contributed by atoms with van der Waals surface area (Å²) in [5.74, 6) is 0.697. The van der Waals surface area contributed by atoms with Gasteiger partial charge in [0.15, 0.2) is 0 Å². The molecule has 4 nitrogen and oxygen atoms in total. The molecular weight excluding hydrogens is 332 g/mol. The zero-order valence-electron chi connectivity index (χ0n) is 14.5. The molecule has 2 saturated heterocycles.